The average Bonchev–Trinajstić information content (AvgIpc) is 2.99. The summed E-state index contributed by atoms with van der Waals surface area (Å²) < 4.78 is 6.56. The maximum absolute atomic E-state index is 6.56. The molecule has 2 spiro atoms. The van der Waals surface area contributed by atoms with Crippen LogP contribution in [0.4, 0.5) is 0 Å². The third-order valence-electron chi connectivity index (χ3n) is 6.43. The molecule has 0 amide bonds. The van der Waals surface area contributed by atoms with Crippen molar-refractivity contribution in [1.29, 1.82) is 0 Å². The van der Waals surface area contributed by atoms with E-state index in [9.17, 15) is 0 Å². The van der Waals surface area contributed by atoms with Gasteiger partial charge in [-0.1, -0.05) is 31.0 Å². The number of para-hydroxylation sites is 1. The van der Waals surface area contributed by atoms with E-state index in [-0.39, 0.29) is 5.60 Å². The molecule has 1 aliphatic heterocycles. The third kappa shape index (κ3) is 2.28. The molecule has 4 rings (SSSR count). The molecule has 0 bridgehead atoms. The van der Waals surface area contributed by atoms with E-state index in [1.165, 1.54) is 56.9 Å². The molecule has 3 aliphatic rings. The highest BCUT2D eigenvalue weighted by molar-refractivity contribution is 5.39. The second-order valence-electron chi connectivity index (χ2n) is 7.58. The predicted octanol–water partition coefficient (Wildman–Crippen LogP) is 4.60. The average molecular weight is 285 g/mol. The number of ether oxygens (including phenoxy) is 1. The molecule has 114 valence electrons. The molecule has 2 nitrogen and oxygen atoms in total. The molecule has 1 atom stereocenters. The van der Waals surface area contributed by atoms with Gasteiger partial charge in [0.1, 0.15) is 11.4 Å². The first-order valence-corrected chi connectivity index (χ1v) is 8.70. The SMILES string of the molecule is CNC1CC2(CCC3(CCCC3)CC2)Oc2ccccc21. The van der Waals surface area contributed by atoms with Crippen LogP contribution in [0.3, 0.4) is 0 Å². The first kappa shape index (κ1) is 13.6. The number of nitrogens with one attached hydrogen (secondary N) is 1. The lowest BCUT2D eigenvalue weighted by molar-refractivity contribution is -0.0354. The van der Waals surface area contributed by atoms with E-state index < -0.39 is 0 Å². The molecule has 1 N–H and O–H groups in total. The summed E-state index contributed by atoms with van der Waals surface area (Å²) in [6.45, 7) is 0. The van der Waals surface area contributed by atoms with Crippen LogP contribution in [-0.4, -0.2) is 12.6 Å². The van der Waals surface area contributed by atoms with Gasteiger partial charge in [0.25, 0.3) is 0 Å². The Kier molecular flexibility index (Phi) is 3.25. The van der Waals surface area contributed by atoms with Gasteiger partial charge in [-0.15, -0.1) is 0 Å². The summed E-state index contributed by atoms with van der Waals surface area (Å²) in [6.07, 6.45) is 12.2. The Morgan fingerprint density at radius 1 is 1.00 bits per heavy atom. The molecule has 0 saturated heterocycles. The predicted molar refractivity (Wildman–Crippen MR) is 85.6 cm³/mol. The molecule has 2 heteroatoms. The van der Waals surface area contributed by atoms with E-state index in [2.05, 4.69) is 36.6 Å². The molecule has 21 heavy (non-hydrogen) atoms. The fourth-order valence-corrected chi connectivity index (χ4v) is 5.04. The molecular weight excluding hydrogens is 258 g/mol. The summed E-state index contributed by atoms with van der Waals surface area (Å²) in [7, 11) is 2.09. The number of benzene rings is 1. The minimum absolute atomic E-state index is 0.0931. The van der Waals surface area contributed by atoms with Crippen LogP contribution in [0.2, 0.25) is 0 Å². The van der Waals surface area contributed by atoms with Crippen molar-refractivity contribution in [2.45, 2.75) is 69.4 Å². The van der Waals surface area contributed by atoms with Crippen molar-refractivity contribution < 1.29 is 4.74 Å². The van der Waals surface area contributed by atoms with E-state index in [1.807, 2.05) is 0 Å². The molecule has 1 heterocycles. The molecule has 1 unspecified atom stereocenters. The zero-order valence-electron chi connectivity index (χ0n) is 13.2. The van der Waals surface area contributed by atoms with Crippen LogP contribution in [-0.2, 0) is 0 Å². The summed E-state index contributed by atoms with van der Waals surface area (Å²) >= 11 is 0. The first-order valence-electron chi connectivity index (χ1n) is 8.70. The molecule has 1 aromatic rings. The smallest absolute Gasteiger partial charge is 0.124 e. The quantitative estimate of drug-likeness (QED) is 0.814. The number of rotatable bonds is 1. The van der Waals surface area contributed by atoms with Gasteiger partial charge < -0.3 is 10.1 Å². The van der Waals surface area contributed by atoms with Crippen molar-refractivity contribution in [3.8, 4) is 5.75 Å². The van der Waals surface area contributed by atoms with Crippen molar-refractivity contribution >= 4 is 0 Å². The maximum Gasteiger partial charge on any atom is 0.124 e. The number of hydrogen-bond donors (Lipinski definition) is 1. The van der Waals surface area contributed by atoms with Crippen LogP contribution >= 0.6 is 0 Å². The largest absolute Gasteiger partial charge is 0.487 e. The lowest BCUT2D eigenvalue weighted by Gasteiger charge is -2.49. The highest BCUT2D eigenvalue weighted by atomic mass is 16.5. The van der Waals surface area contributed by atoms with Crippen molar-refractivity contribution in [2.75, 3.05) is 7.05 Å². The van der Waals surface area contributed by atoms with E-state index in [1.54, 1.807) is 0 Å². The van der Waals surface area contributed by atoms with Crippen LogP contribution in [0.25, 0.3) is 0 Å². The summed E-state index contributed by atoms with van der Waals surface area (Å²) in [5.74, 6) is 1.12. The van der Waals surface area contributed by atoms with Gasteiger partial charge in [-0.2, -0.15) is 0 Å². The monoisotopic (exact) mass is 285 g/mol. The number of hydrogen-bond acceptors (Lipinski definition) is 2. The van der Waals surface area contributed by atoms with E-state index in [0.29, 0.717) is 11.5 Å². The standard InChI is InChI=1S/C19H27NO/c1-20-16-14-19(21-17-7-3-2-6-15(16)17)12-10-18(11-13-19)8-4-5-9-18/h2-3,6-7,16,20H,4-5,8-14H2,1H3. The normalized spacial score (nSPS) is 29.3. The topological polar surface area (TPSA) is 21.3 Å². The second-order valence-corrected chi connectivity index (χ2v) is 7.58. The van der Waals surface area contributed by atoms with Crippen LogP contribution in [0, 0.1) is 5.41 Å². The molecule has 0 aromatic heterocycles. The lowest BCUT2D eigenvalue weighted by Crippen LogP contribution is -2.47. The lowest BCUT2D eigenvalue weighted by atomic mass is 9.65. The van der Waals surface area contributed by atoms with Gasteiger partial charge >= 0.3 is 0 Å². The van der Waals surface area contributed by atoms with Crippen molar-refractivity contribution in [2.24, 2.45) is 5.41 Å². The summed E-state index contributed by atoms with van der Waals surface area (Å²) in [6, 6.07) is 9.04. The Balaban J connectivity index is 1.57. The number of fused-ring (bicyclic) bond motifs is 1. The molecule has 2 fully saturated rings. The Hall–Kier alpha value is -1.02. The van der Waals surface area contributed by atoms with Gasteiger partial charge in [0.15, 0.2) is 0 Å². The highest BCUT2D eigenvalue weighted by Gasteiger charge is 2.48. The Labute approximate surface area is 128 Å². The second kappa shape index (κ2) is 5.01. The van der Waals surface area contributed by atoms with Crippen LogP contribution in [0.15, 0.2) is 24.3 Å². The van der Waals surface area contributed by atoms with Crippen LogP contribution in [0.1, 0.15) is 69.4 Å². The van der Waals surface area contributed by atoms with Crippen LogP contribution < -0.4 is 10.1 Å². The molecular formula is C19H27NO. The van der Waals surface area contributed by atoms with Gasteiger partial charge in [-0.05, 0) is 57.1 Å². The molecule has 2 saturated carbocycles. The molecule has 1 aromatic carbocycles. The van der Waals surface area contributed by atoms with Gasteiger partial charge in [-0.3, -0.25) is 0 Å². The van der Waals surface area contributed by atoms with Crippen molar-refractivity contribution in [3.63, 3.8) is 0 Å². The zero-order valence-corrected chi connectivity index (χ0v) is 13.2. The van der Waals surface area contributed by atoms with E-state index in [4.69, 9.17) is 4.74 Å². The molecule has 2 aliphatic carbocycles. The summed E-state index contributed by atoms with van der Waals surface area (Å²) in [5, 5.41) is 3.51. The van der Waals surface area contributed by atoms with E-state index >= 15 is 0 Å². The minimum Gasteiger partial charge on any atom is -0.487 e. The molecule has 0 radical (unpaired) electrons. The van der Waals surface area contributed by atoms with Crippen LogP contribution in [0.5, 0.6) is 5.75 Å². The Morgan fingerprint density at radius 3 is 2.43 bits per heavy atom. The van der Waals surface area contributed by atoms with Gasteiger partial charge in [0.2, 0.25) is 0 Å². The van der Waals surface area contributed by atoms with Gasteiger partial charge in [0, 0.05) is 18.0 Å². The summed E-state index contributed by atoms with van der Waals surface area (Å²) in [5.41, 5.74) is 2.11. The van der Waals surface area contributed by atoms with Gasteiger partial charge in [-0.25, -0.2) is 0 Å². The minimum atomic E-state index is 0.0931. The summed E-state index contributed by atoms with van der Waals surface area (Å²) in [4.78, 5) is 0. The highest BCUT2D eigenvalue weighted by Crippen LogP contribution is 2.55. The van der Waals surface area contributed by atoms with Crippen molar-refractivity contribution in [1.82, 2.24) is 5.32 Å². The Bertz CT molecular complexity index is 508. The fraction of sp³-hybridized carbons (Fsp3) is 0.684. The third-order valence-corrected chi connectivity index (χ3v) is 6.43. The van der Waals surface area contributed by atoms with Gasteiger partial charge in [0.05, 0.1) is 0 Å². The Morgan fingerprint density at radius 2 is 1.71 bits per heavy atom. The zero-order chi connectivity index (χ0) is 14.3. The maximum atomic E-state index is 6.56. The van der Waals surface area contributed by atoms with E-state index in [0.717, 1.165) is 12.2 Å². The van der Waals surface area contributed by atoms with Crippen molar-refractivity contribution in [3.05, 3.63) is 29.8 Å². The first-order chi connectivity index (χ1) is 10.2. The fourth-order valence-electron chi connectivity index (χ4n) is 5.04.